The van der Waals surface area contributed by atoms with E-state index in [2.05, 4.69) is 27.5 Å². The fourth-order valence-corrected chi connectivity index (χ4v) is 3.88. The SMILES string of the molecule is Cc1cc(CSc2ncccc2C(=O)Nc2ccnn2[C@@H](C)C2CC2)no1. The third-order valence-corrected chi connectivity index (χ3v) is 5.69. The first kappa shape index (κ1) is 17.8. The molecule has 27 heavy (non-hydrogen) atoms. The summed E-state index contributed by atoms with van der Waals surface area (Å²) in [4.78, 5) is 17.2. The van der Waals surface area contributed by atoms with Crippen LogP contribution < -0.4 is 5.32 Å². The van der Waals surface area contributed by atoms with Crippen LogP contribution in [0.25, 0.3) is 0 Å². The zero-order valence-electron chi connectivity index (χ0n) is 15.3. The van der Waals surface area contributed by atoms with Crippen molar-refractivity contribution in [3.8, 4) is 0 Å². The van der Waals surface area contributed by atoms with E-state index in [9.17, 15) is 4.79 Å². The fourth-order valence-electron chi connectivity index (χ4n) is 3.01. The Morgan fingerprint density at radius 1 is 1.41 bits per heavy atom. The second kappa shape index (κ2) is 7.56. The lowest BCUT2D eigenvalue weighted by atomic mass is 10.2. The van der Waals surface area contributed by atoms with Gasteiger partial charge in [-0.05, 0) is 44.7 Å². The Bertz CT molecular complexity index is 947. The van der Waals surface area contributed by atoms with E-state index in [1.165, 1.54) is 24.6 Å². The quantitative estimate of drug-likeness (QED) is 0.619. The van der Waals surface area contributed by atoms with Gasteiger partial charge in [-0.3, -0.25) is 4.79 Å². The summed E-state index contributed by atoms with van der Waals surface area (Å²) in [6.45, 7) is 4.00. The largest absolute Gasteiger partial charge is 0.361 e. The van der Waals surface area contributed by atoms with Gasteiger partial charge in [0.15, 0.2) is 0 Å². The molecule has 0 aromatic carbocycles. The minimum atomic E-state index is -0.188. The van der Waals surface area contributed by atoms with Crippen molar-refractivity contribution in [1.29, 1.82) is 0 Å². The molecule has 0 aliphatic heterocycles. The Morgan fingerprint density at radius 3 is 3.00 bits per heavy atom. The van der Waals surface area contributed by atoms with Crippen molar-refractivity contribution in [1.82, 2.24) is 19.9 Å². The molecule has 7 nitrogen and oxygen atoms in total. The molecule has 0 spiro atoms. The first-order valence-electron chi connectivity index (χ1n) is 8.96. The number of thioether (sulfide) groups is 1. The predicted octanol–water partition coefficient (Wildman–Crippen LogP) is 4.09. The van der Waals surface area contributed by atoms with Crippen LogP contribution >= 0.6 is 11.8 Å². The van der Waals surface area contributed by atoms with Crippen LogP contribution in [0.15, 0.2) is 46.2 Å². The molecule has 1 aliphatic carbocycles. The molecule has 140 valence electrons. The molecule has 3 aromatic rings. The molecule has 1 atom stereocenters. The standard InChI is InChI=1S/C19H21N5O2S/c1-12-10-15(23-26-12)11-27-19-16(4-3-8-20-19)18(25)22-17-7-9-21-24(17)13(2)14-5-6-14/h3-4,7-10,13-14H,5-6,11H2,1-2H3,(H,22,25)/t13-/m0/s1. The number of amides is 1. The first-order valence-corrected chi connectivity index (χ1v) is 9.95. The molecule has 4 rings (SSSR count). The zero-order valence-corrected chi connectivity index (χ0v) is 16.1. The second-order valence-electron chi connectivity index (χ2n) is 6.77. The molecule has 1 N–H and O–H groups in total. The first-order chi connectivity index (χ1) is 13.1. The highest BCUT2D eigenvalue weighted by molar-refractivity contribution is 7.98. The molecular formula is C19H21N5O2S. The molecule has 8 heteroatoms. The van der Waals surface area contributed by atoms with Crippen molar-refractivity contribution in [2.45, 2.75) is 43.5 Å². The van der Waals surface area contributed by atoms with Crippen molar-refractivity contribution in [2.24, 2.45) is 5.92 Å². The highest BCUT2D eigenvalue weighted by atomic mass is 32.2. The molecule has 1 fully saturated rings. The number of rotatable bonds is 7. The maximum atomic E-state index is 12.9. The second-order valence-corrected chi connectivity index (χ2v) is 7.73. The van der Waals surface area contributed by atoms with Gasteiger partial charge in [0.05, 0.1) is 23.5 Å². The average molecular weight is 383 g/mol. The molecule has 3 aromatic heterocycles. The summed E-state index contributed by atoms with van der Waals surface area (Å²) >= 11 is 1.46. The normalized spacial score (nSPS) is 14.9. The molecule has 3 heterocycles. The van der Waals surface area contributed by atoms with Gasteiger partial charge in [0.1, 0.15) is 16.6 Å². The maximum Gasteiger partial charge on any atom is 0.259 e. The van der Waals surface area contributed by atoms with Crippen LogP contribution in [0.3, 0.4) is 0 Å². The van der Waals surface area contributed by atoms with E-state index in [1.807, 2.05) is 23.7 Å². The van der Waals surface area contributed by atoms with Crippen molar-refractivity contribution >= 4 is 23.5 Å². The number of aromatic nitrogens is 4. The number of hydrogen-bond acceptors (Lipinski definition) is 6. The van der Waals surface area contributed by atoms with E-state index < -0.39 is 0 Å². The highest BCUT2D eigenvalue weighted by Crippen LogP contribution is 2.40. The molecule has 0 bridgehead atoms. The van der Waals surface area contributed by atoms with Crippen LogP contribution in [0.5, 0.6) is 0 Å². The Balaban J connectivity index is 1.48. The van der Waals surface area contributed by atoms with Gasteiger partial charge < -0.3 is 9.84 Å². The van der Waals surface area contributed by atoms with Crippen molar-refractivity contribution < 1.29 is 9.32 Å². The molecule has 1 saturated carbocycles. The Kier molecular flexibility index (Phi) is 4.98. The van der Waals surface area contributed by atoms with E-state index in [-0.39, 0.29) is 11.9 Å². The lowest BCUT2D eigenvalue weighted by Crippen LogP contribution is -2.19. The number of carbonyl (C=O) groups excluding carboxylic acids is 1. The minimum Gasteiger partial charge on any atom is -0.361 e. The summed E-state index contributed by atoms with van der Waals surface area (Å²) < 4.78 is 6.99. The summed E-state index contributed by atoms with van der Waals surface area (Å²) in [5.41, 5.74) is 1.36. The summed E-state index contributed by atoms with van der Waals surface area (Å²) in [5, 5.41) is 12.0. The number of anilines is 1. The fraction of sp³-hybridized carbons (Fsp3) is 0.368. The van der Waals surface area contributed by atoms with Crippen LogP contribution in [0.1, 0.15) is 47.6 Å². The van der Waals surface area contributed by atoms with Gasteiger partial charge in [-0.15, -0.1) is 0 Å². The maximum absolute atomic E-state index is 12.9. The minimum absolute atomic E-state index is 0.188. The summed E-state index contributed by atoms with van der Waals surface area (Å²) in [5.74, 6) is 2.53. The topological polar surface area (TPSA) is 85.8 Å². The monoisotopic (exact) mass is 383 g/mol. The summed E-state index contributed by atoms with van der Waals surface area (Å²) in [6, 6.07) is 7.55. The van der Waals surface area contributed by atoms with E-state index in [0.29, 0.717) is 28.1 Å². The van der Waals surface area contributed by atoms with Crippen LogP contribution in [0.2, 0.25) is 0 Å². The third-order valence-electron chi connectivity index (χ3n) is 4.65. The van der Waals surface area contributed by atoms with Crippen molar-refractivity contribution in [2.75, 3.05) is 5.32 Å². The highest BCUT2D eigenvalue weighted by Gasteiger charge is 2.31. The van der Waals surface area contributed by atoms with Gasteiger partial charge in [0, 0.05) is 24.1 Å². The van der Waals surface area contributed by atoms with Crippen LogP contribution in [0, 0.1) is 12.8 Å². The van der Waals surface area contributed by atoms with Crippen LogP contribution in [-0.4, -0.2) is 25.8 Å². The van der Waals surface area contributed by atoms with Gasteiger partial charge in [-0.1, -0.05) is 16.9 Å². The van der Waals surface area contributed by atoms with E-state index in [4.69, 9.17) is 4.52 Å². The lowest BCUT2D eigenvalue weighted by Gasteiger charge is -2.15. The molecule has 0 unspecified atom stereocenters. The third kappa shape index (κ3) is 4.05. The van der Waals surface area contributed by atoms with E-state index >= 15 is 0 Å². The van der Waals surface area contributed by atoms with Crippen LogP contribution in [0.4, 0.5) is 5.82 Å². The molecule has 0 saturated heterocycles. The number of nitrogens with one attached hydrogen (secondary N) is 1. The average Bonchev–Trinajstić information content (AvgIpc) is 3.29. The van der Waals surface area contributed by atoms with Gasteiger partial charge in [0.25, 0.3) is 5.91 Å². The van der Waals surface area contributed by atoms with Gasteiger partial charge in [-0.2, -0.15) is 5.10 Å². The Labute approximate surface area is 161 Å². The molecule has 1 aliphatic rings. The molecule has 0 radical (unpaired) electrons. The van der Waals surface area contributed by atoms with E-state index in [0.717, 1.165) is 11.5 Å². The Morgan fingerprint density at radius 2 is 2.26 bits per heavy atom. The molecule has 1 amide bonds. The molecular weight excluding hydrogens is 362 g/mol. The number of hydrogen-bond donors (Lipinski definition) is 1. The number of pyridine rings is 1. The lowest BCUT2D eigenvalue weighted by molar-refractivity contribution is 0.102. The van der Waals surface area contributed by atoms with Gasteiger partial charge in [-0.25, -0.2) is 9.67 Å². The van der Waals surface area contributed by atoms with Crippen molar-refractivity contribution in [3.05, 3.63) is 53.7 Å². The predicted molar refractivity (Wildman–Crippen MR) is 103 cm³/mol. The van der Waals surface area contributed by atoms with Gasteiger partial charge >= 0.3 is 0 Å². The number of nitrogens with zero attached hydrogens (tertiary/aromatic N) is 4. The number of aryl methyl sites for hydroxylation is 1. The zero-order chi connectivity index (χ0) is 18.8. The van der Waals surface area contributed by atoms with Gasteiger partial charge in [0.2, 0.25) is 0 Å². The summed E-state index contributed by atoms with van der Waals surface area (Å²) in [7, 11) is 0. The smallest absolute Gasteiger partial charge is 0.259 e. The Hall–Kier alpha value is -2.61. The van der Waals surface area contributed by atoms with Crippen molar-refractivity contribution in [3.63, 3.8) is 0 Å². The van der Waals surface area contributed by atoms with Crippen LogP contribution in [-0.2, 0) is 5.75 Å². The number of carbonyl (C=O) groups is 1. The van der Waals surface area contributed by atoms with E-state index in [1.54, 1.807) is 24.5 Å². The summed E-state index contributed by atoms with van der Waals surface area (Å²) in [6.07, 6.45) is 5.85.